The summed E-state index contributed by atoms with van der Waals surface area (Å²) < 4.78 is 2.37. The minimum atomic E-state index is 1.10. The van der Waals surface area contributed by atoms with Gasteiger partial charge in [-0.15, -0.1) is 0 Å². The lowest BCUT2D eigenvalue weighted by atomic mass is 10.0. The van der Waals surface area contributed by atoms with Crippen LogP contribution in [0.15, 0.2) is 109 Å². The fourth-order valence-corrected chi connectivity index (χ4v) is 3.77. The van der Waals surface area contributed by atoms with Crippen molar-refractivity contribution in [1.29, 1.82) is 0 Å². The highest BCUT2D eigenvalue weighted by Crippen LogP contribution is 2.41. The van der Waals surface area contributed by atoms with Gasteiger partial charge in [0.25, 0.3) is 0 Å². The highest BCUT2D eigenvalue weighted by Gasteiger charge is 2.20. The highest BCUT2D eigenvalue weighted by atomic mass is 15.0. The van der Waals surface area contributed by atoms with Gasteiger partial charge in [0.05, 0.1) is 11.4 Å². The first-order valence-electron chi connectivity index (χ1n) is 9.15. The Morgan fingerprint density at radius 2 is 1.11 bits per heavy atom. The van der Waals surface area contributed by atoms with Gasteiger partial charge in [0.2, 0.25) is 0 Å². The molecule has 0 saturated heterocycles. The van der Waals surface area contributed by atoms with E-state index in [-0.39, 0.29) is 0 Å². The zero-order valence-electron chi connectivity index (χ0n) is 14.8. The van der Waals surface area contributed by atoms with E-state index in [2.05, 4.69) is 108 Å². The Balaban J connectivity index is 1.97. The van der Waals surface area contributed by atoms with Crippen LogP contribution in [0.2, 0.25) is 0 Å². The van der Waals surface area contributed by atoms with Gasteiger partial charge in [-0.3, -0.25) is 0 Å². The maximum Gasteiger partial charge on any atom is 0.0619 e. The van der Waals surface area contributed by atoms with E-state index in [1.54, 1.807) is 0 Å². The van der Waals surface area contributed by atoms with E-state index < -0.39 is 0 Å². The highest BCUT2D eigenvalue weighted by molar-refractivity contribution is 6.06. The molecule has 0 aliphatic carbocycles. The smallest absolute Gasteiger partial charge is 0.0619 e. The van der Waals surface area contributed by atoms with Crippen molar-refractivity contribution in [3.63, 3.8) is 0 Å². The van der Waals surface area contributed by atoms with Crippen molar-refractivity contribution in [2.45, 2.75) is 0 Å². The maximum atomic E-state index is 3.43. The summed E-state index contributed by atoms with van der Waals surface area (Å²) in [6.45, 7) is 0. The molecule has 5 aromatic rings. The lowest BCUT2D eigenvalue weighted by molar-refractivity contribution is 1.10. The van der Waals surface area contributed by atoms with E-state index >= 15 is 0 Å². The zero-order chi connectivity index (χ0) is 18.1. The Kier molecular flexibility index (Phi) is 3.84. The Bertz CT molecular complexity index is 1110. The number of fused-ring (bicyclic) bond motifs is 1. The topological polar surface area (TPSA) is 4.93 Å². The molecule has 0 saturated carbocycles. The van der Waals surface area contributed by atoms with Crippen LogP contribution in [-0.4, -0.2) is 4.57 Å². The van der Waals surface area contributed by atoms with Crippen LogP contribution in [0.4, 0.5) is 0 Å². The fraction of sp³-hybridized carbons (Fsp3) is 0. The molecule has 1 heterocycles. The van der Waals surface area contributed by atoms with Gasteiger partial charge >= 0.3 is 0 Å². The normalized spacial score (nSPS) is 11.0. The number of hydrogen-bond donors (Lipinski definition) is 0. The van der Waals surface area contributed by atoms with Crippen LogP contribution < -0.4 is 0 Å². The summed E-state index contributed by atoms with van der Waals surface area (Å²) in [4.78, 5) is 0. The van der Waals surface area contributed by atoms with Gasteiger partial charge in [0.1, 0.15) is 0 Å². The maximum absolute atomic E-state index is 3.43. The molecule has 0 fully saturated rings. The van der Waals surface area contributed by atoms with Gasteiger partial charge < -0.3 is 4.57 Å². The quantitative estimate of drug-likeness (QED) is 0.340. The average Bonchev–Trinajstić information content (AvgIpc) is 3.11. The summed E-state index contributed by atoms with van der Waals surface area (Å²) >= 11 is 0. The molecule has 0 spiro atoms. The molecule has 0 amide bonds. The standard InChI is InChI=1S/C26H18N/c1-4-12-20(13-5-1)25-23-18-10-11-19-24(23)26(21-14-6-2-7-15-21)27(25)22-16-8-3-9-17-22/h1-14,16-19H. The summed E-state index contributed by atoms with van der Waals surface area (Å²) in [5.41, 5.74) is 5.85. The zero-order valence-corrected chi connectivity index (χ0v) is 14.8. The monoisotopic (exact) mass is 344 g/mol. The van der Waals surface area contributed by atoms with E-state index in [9.17, 15) is 0 Å². The van der Waals surface area contributed by atoms with E-state index in [1.165, 1.54) is 27.7 Å². The first-order valence-corrected chi connectivity index (χ1v) is 9.15. The van der Waals surface area contributed by atoms with Gasteiger partial charge in [-0.1, -0.05) is 97.1 Å². The molecular weight excluding hydrogens is 326 g/mol. The van der Waals surface area contributed by atoms with Crippen LogP contribution in [0.3, 0.4) is 0 Å². The Labute approximate surface area is 159 Å². The van der Waals surface area contributed by atoms with Crippen LogP contribution >= 0.6 is 0 Å². The minimum Gasteiger partial charge on any atom is -0.308 e. The van der Waals surface area contributed by atoms with E-state index in [1.807, 2.05) is 12.1 Å². The molecule has 0 atom stereocenters. The van der Waals surface area contributed by atoms with Crippen molar-refractivity contribution < 1.29 is 0 Å². The van der Waals surface area contributed by atoms with Gasteiger partial charge in [0, 0.05) is 22.0 Å². The van der Waals surface area contributed by atoms with E-state index in [4.69, 9.17) is 0 Å². The van der Waals surface area contributed by atoms with Gasteiger partial charge in [0.15, 0.2) is 0 Å². The van der Waals surface area contributed by atoms with Crippen LogP contribution in [0.5, 0.6) is 0 Å². The van der Waals surface area contributed by atoms with Crippen LogP contribution in [0.1, 0.15) is 0 Å². The number of benzene rings is 4. The molecular formula is C26H18N. The van der Waals surface area contributed by atoms with Gasteiger partial charge in [-0.05, 0) is 23.8 Å². The SMILES string of the molecule is [c]1ccccc1-c1c2ccccc2c(-c2ccccc2)n1-c1ccccc1. The molecule has 0 bridgehead atoms. The minimum absolute atomic E-state index is 1.10. The Morgan fingerprint density at radius 1 is 0.519 bits per heavy atom. The lowest BCUT2D eigenvalue weighted by Crippen LogP contribution is -1.99. The molecule has 1 heteroatoms. The first kappa shape index (κ1) is 15.7. The van der Waals surface area contributed by atoms with Crippen molar-refractivity contribution in [1.82, 2.24) is 4.57 Å². The number of nitrogens with zero attached hydrogens (tertiary/aromatic N) is 1. The molecule has 1 aromatic heterocycles. The molecule has 1 nitrogen and oxygen atoms in total. The molecule has 0 N–H and O–H groups in total. The summed E-state index contributed by atoms with van der Waals surface area (Å²) in [6.07, 6.45) is 0. The van der Waals surface area contributed by atoms with Crippen molar-refractivity contribution in [3.8, 4) is 28.2 Å². The van der Waals surface area contributed by atoms with Crippen LogP contribution in [0, 0.1) is 6.07 Å². The Morgan fingerprint density at radius 3 is 1.78 bits per heavy atom. The average molecular weight is 344 g/mol. The summed E-state index contributed by atoms with van der Waals surface area (Å²) in [5.74, 6) is 0. The summed E-state index contributed by atoms with van der Waals surface area (Å²) in [7, 11) is 0. The molecule has 0 unspecified atom stereocenters. The number of aromatic nitrogens is 1. The predicted octanol–water partition coefficient (Wildman–Crippen LogP) is 6.76. The largest absolute Gasteiger partial charge is 0.308 e. The number of para-hydroxylation sites is 1. The van der Waals surface area contributed by atoms with E-state index in [0.717, 1.165) is 11.3 Å². The second-order valence-corrected chi connectivity index (χ2v) is 6.56. The summed E-state index contributed by atoms with van der Waals surface area (Å²) in [6, 6.07) is 41.5. The van der Waals surface area contributed by atoms with Crippen molar-refractivity contribution in [2.75, 3.05) is 0 Å². The molecule has 127 valence electrons. The Hall–Kier alpha value is -3.58. The third-order valence-corrected chi connectivity index (χ3v) is 4.91. The number of hydrogen-bond acceptors (Lipinski definition) is 0. The molecule has 4 aromatic carbocycles. The second kappa shape index (κ2) is 6.62. The van der Waals surface area contributed by atoms with Crippen LogP contribution in [0.25, 0.3) is 39.0 Å². The fourth-order valence-electron chi connectivity index (χ4n) is 3.77. The van der Waals surface area contributed by atoms with Crippen molar-refractivity contribution >= 4 is 10.8 Å². The second-order valence-electron chi connectivity index (χ2n) is 6.56. The molecule has 27 heavy (non-hydrogen) atoms. The van der Waals surface area contributed by atoms with Crippen LogP contribution in [-0.2, 0) is 0 Å². The van der Waals surface area contributed by atoms with Crippen molar-refractivity contribution in [3.05, 3.63) is 115 Å². The van der Waals surface area contributed by atoms with Gasteiger partial charge in [-0.2, -0.15) is 0 Å². The number of rotatable bonds is 3. The lowest BCUT2D eigenvalue weighted by Gasteiger charge is -2.14. The van der Waals surface area contributed by atoms with E-state index in [0.29, 0.717) is 0 Å². The molecule has 0 aliphatic heterocycles. The van der Waals surface area contributed by atoms with Crippen molar-refractivity contribution in [2.24, 2.45) is 0 Å². The van der Waals surface area contributed by atoms with Gasteiger partial charge in [-0.25, -0.2) is 0 Å². The predicted molar refractivity (Wildman–Crippen MR) is 113 cm³/mol. The third-order valence-electron chi connectivity index (χ3n) is 4.91. The molecule has 1 radical (unpaired) electrons. The third kappa shape index (κ3) is 2.65. The molecule has 0 aliphatic rings. The first-order chi connectivity index (χ1) is 13.4. The summed E-state index contributed by atoms with van der Waals surface area (Å²) in [5, 5.41) is 2.49. The molecule has 5 rings (SSSR count).